The van der Waals surface area contributed by atoms with E-state index >= 15 is 0 Å². The van der Waals surface area contributed by atoms with E-state index < -0.39 is 35.6 Å². The van der Waals surface area contributed by atoms with Crippen molar-refractivity contribution in [3.8, 4) is 0 Å². The van der Waals surface area contributed by atoms with Crippen LogP contribution in [0.25, 0.3) is 0 Å². The van der Waals surface area contributed by atoms with Crippen LogP contribution >= 0.6 is 0 Å². The van der Waals surface area contributed by atoms with Gasteiger partial charge in [0, 0.05) is 24.5 Å². The third-order valence-electron chi connectivity index (χ3n) is 5.20. The molecule has 10 heteroatoms. The van der Waals surface area contributed by atoms with Crippen molar-refractivity contribution in [2.75, 3.05) is 18.9 Å². The van der Waals surface area contributed by atoms with Crippen LogP contribution in [-0.2, 0) is 14.3 Å². The fraction of sp³-hybridized carbons (Fsp3) is 0.238. The van der Waals surface area contributed by atoms with Crippen LogP contribution < -0.4 is 5.73 Å². The summed E-state index contributed by atoms with van der Waals surface area (Å²) in [5, 5.41) is 0. The Kier molecular flexibility index (Phi) is 5.20. The highest BCUT2D eigenvalue weighted by Crippen LogP contribution is 2.30. The SMILES string of the molecule is Nc1ccc2c(c1)C(=O)N(C1CCC(=O)N(CCOC(=O)c3ccncc3)C1=O)C2=O. The van der Waals surface area contributed by atoms with E-state index in [0.29, 0.717) is 5.69 Å². The van der Waals surface area contributed by atoms with Crippen molar-refractivity contribution in [1.82, 2.24) is 14.8 Å². The van der Waals surface area contributed by atoms with Crippen molar-refractivity contribution in [2.24, 2.45) is 0 Å². The van der Waals surface area contributed by atoms with E-state index in [2.05, 4.69) is 4.98 Å². The number of imide groups is 2. The molecule has 1 atom stereocenters. The molecule has 2 aliphatic rings. The van der Waals surface area contributed by atoms with E-state index in [4.69, 9.17) is 10.5 Å². The second-order valence-corrected chi connectivity index (χ2v) is 7.10. The lowest BCUT2D eigenvalue weighted by Gasteiger charge is -2.34. The minimum Gasteiger partial charge on any atom is -0.460 e. The number of benzene rings is 1. The Morgan fingerprint density at radius 2 is 1.77 bits per heavy atom. The van der Waals surface area contributed by atoms with Gasteiger partial charge in [-0.15, -0.1) is 0 Å². The molecular formula is C21H18N4O6. The third kappa shape index (κ3) is 3.63. The van der Waals surface area contributed by atoms with Crippen molar-refractivity contribution in [3.63, 3.8) is 0 Å². The summed E-state index contributed by atoms with van der Waals surface area (Å²) in [7, 11) is 0. The molecule has 4 rings (SSSR count). The fourth-order valence-electron chi connectivity index (χ4n) is 3.66. The number of nitrogens with two attached hydrogens (primary N) is 1. The monoisotopic (exact) mass is 422 g/mol. The highest BCUT2D eigenvalue weighted by atomic mass is 16.5. The van der Waals surface area contributed by atoms with Gasteiger partial charge in [0.2, 0.25) is 5.91 Å². The van der Waals surface area contributed by atoms with Gasteiger partial charge in [-0.3, -0.25) is 34.0 Å². The number of carbonyl (C=O) groups is 5. The average molecular weight is 422 g/mol. The van der Waals surface area contributed by atoms with E-state index in [1.807, 2.05) is 0 Å². The Labute approximate surface area is 176 Å². The Balaban J connectivity index is 1.45. The van der Waals surface area contributed by atoms with Crippen molar-refractivity contribution in [2.45, 2.75) is 18.9 Å². The number of carbonyl (C=O) groups excluding carboxylic acids is 5. The first-order valence-electron chi connectivity index (χ1n) is 9.57. The molecule has 2 aromatic rings. The third-order valence-corrected chi connectivity index (χ3v) is 5.20. The number of likely N-dealkylation sites (tertiary alicyclic amines) is 1. The molecule has 0 spiro atoms. The molecule has 1 unspecified atom stereocenters. The first-order valence-corrected chi connectivity index (χ1v) is 9.57. The van der Waals surface area contributed by atoms with Crippen molar-refractivity contribution in [1.29, 1.82) is 0 Å². The number of hydrogen-bond acceptors (Lipinski definition) is 8. The number of ether oxygens (including phenoxy) is 1. The number of fused-ring (bicyclic) bond motifs is 1. The lowest BCUT2D eigenvalue weighted by atomic mass is 10.0. The molecule has 2 N–H and O–H groups in total. The lowest BCUT2D eigenvalue weighted by Crippen LogP contribution is -2.56. The highest BCUT2D eigenvalue weighted by Gasteiger charge is 2.46. The average Bonchev–Trinajstić information content (AvgIpc) is 3.01. The van der Waals surface area contributed by atoms with E-state index in [-0.39, 0.29) is 42.7 Å². The molecule has 31 heavy (non-hydrogen) atoms. The number of rotatable bonds is 5. The number of nitrogen functional groups attached to an aromatic ring is 1. The van der Waals surface area contributed by atoms with Crippen LogP contribution in [-0.4, -0.2) is 63.6 Å². The molecule has 1 saturated heterocycles. The summed E-state index contributed by atoms with van der Waals surface area (Å²) in [6, 6.07) is 6.18. The van der Waals surface area contributed by atoms with E-state index in [1.54, 1.807) is 0 Å². The quantitative estimate of drug-likeness (QED) is 0.420. The molecule has 0 radical (unpaired) electrons. The second-order valence-electron chi connectivity index (χ2n) is 7.10. The topological polar surface area (TPSA) is 140 Å². The van der Waals surface area contributed by atoms with Gasteiger partial charge in [0.1, 0.15) is 12.6 Å². The Morgan fingerprint density at radius 1 is 1.06 bits per heavy atom. The maximum Gasteiger partial charge on any atom is 0.338 e. The van der Waals surface area contributed by atoms with Gasteiger partial charge in [-0.25, -0.2) is 4.79 Å². The van der Waals surface area contributed by atoms with Gasteiger partial charge >= 0.3 is 5.97 Å². The predicted molar refractivity (Wildman–Crippen MR) is 106 cm³/mol. The smallest absolute Gasteiger partial charge is 0.338 e. The van der Waals surface area contributed by atoms with Crippen LogP contribution in [0.5, 0.6) is 0 Å². The van der Waals surface area contributed by atoms with E-state index in [9.17, 15) is 24.0 Å². The molecule has 0 aliphatic carbocycles. The number of aromatic nitrogens is 1. The highest BCUT2D eigenvalue weighted by molar-refractivity contribution is 6.23. The largest absolute Gasteiger partial charge is 0.460 e. The predicted octanol–water partition coefficient (Wildman–Crippen LogP) is 0.634. The zero-order valence-corrected chi connectivity index (χ0v) is 16.3. The number of amides is 4. The van der Waals surface area contributed by atoms with Crippen LogP contribution in [0.1, 0.15) is 43.9 Å². The Hall–Kier alpha value is -4.08. The summed E-state index contributed by atoms with van der Waals surface area (Å²) < 4.78 is 5.12. The first-order chi connectivity index (χ1) is 14.9. The maximum absolute atomic E-state index is 13.0. The molecule has 4 amide bonds. The molecule has 2 aliphatic heterocycles. The summed E-state index contributed by atoms with van der Waals surface area (Å²) >= 11 is 0. The zero-order chi connectivity index (χ0) is 22.1. The normalized spacial score (nSPS) is 18.4. The van der Waals surface area contributed by atoms with Gasteiger partial charge in [0.25, 0.3) is 17.7 Å². The van der Waals surface area contributed by atoms with Gasteiger partial charge in [-0.1, -0.05) is 0 Å². The molecule has 158 valence electrons. The first kappa shape index (κ1) is 20.2. The molecule has 10 nitrogen and oxygen atoms in total. The van der Waals surface area contributed by atoms with Crippen LogP contribution in [0.2, 0.25) is 0 Å². The number of esters is 1. The van der Waals surface area contributed by atoms with Gasteiger partial charge in [0.05, 0.1) is 23.2 Å². The van der Waals surface area contributed by atoms with Crippen LogP contribution in [0, 0.1) is 0 Å². The van der Waals surface area contributed by atoms with Crippen molar-refractivity contribution in [3.05, 3.63) is 59.4 Å². The Bertz CT molecular complexity index is 1100. The van der Waals surface area contributed by atoms with Gasteiger partial charge in [0.15, 0.2) is 0 Å². The van der Waals surface area contributed by atoms with Crippen LogP contribution in [0.4, 0.5) is 5.69 Å². The minimum atomic E-state index is -1.11. The summed E-state index contributed by atoms with van der Waals surface area (Å²) in [5.74, 6) is -2.98. The molecule has 1 fully saturated rings. The maximum atomic E-state index is 13.0. The molecular weight excluding hydrogens is 404 g/mol. The Morgan fingerprint density at radius 3 is 2.52 bits per heavy atom. The summed E-state index contributed by atoms with van der Waals surface area (Å²) in [6.45, 7) is -0.398. The molecule has 0 saturated carbocycles. The number of pyridine rings is 1. The van der Waals surface area contributed by atoms with Crippen LogP contribution in [0.3, 0.4) is 0 Å². The number of nitrogens with zero attached hydrogens (tertiary/aromatic N) is 3. The van der Waals surface area contributed by atoms with Gasteiger partial charge < -0.3 is 10.5 Å². The molecule has 3 heterocycles. The summed E-state index contributed by atoms with van der Waals surface area (Å²) in [5.41, 5.74) is 6.61. The van der Waals surface area contributed by atoms with Gasteiger partial charge in [-0.2, -0.15) is 0 Å². The fourth-order valence-corrected chi connectivity index (χ4v) is 3.66. The standard InChI is InChI=1S/C21H18N4O6/c22-13-1-2-14-15(11-13)19(28)25(18(14)27)16-3-4-17(26)24(20(16)29)9-10-31-21(30)12-5-7-23-8-6-12/h1-2,5-8,11,16H,3-4,9-10,22H2. The molecule has 1 aromatic carbocycles. The molecule has 1 aromatic heterocycles. The van der Waals surface area contributed by atoms with Crippen molar-refractivity contribution < 1.29 is 28.7 Å². The minimum absolute atomic E-state index is 0.0236. The van der Waals surface area contributed by atoms with E-state index in [1.165, 1.54) is 42.7 Å². The summed E-state index contributed by atoms with van der Waals surface area (Å²) in [4.78, 5) is 68.4. The lowest BCUT2D eigenvalue weighted by molar-refractivity contribution is -0.152. The molecule has 0 bridgehead atoms. The number of anilines is 1. The zero-order valence-electron chi connectivity index (χ0n) is 16.3. The van der Waals surface area contributed by atoms with Crippen LogP contribution in [0.15, 0.2) is 42.7 Å². The number of piperidine rings is 1. The number of hydrogen-bond donors (Lipinski definition) is 1. The second kappa shape index (κ2) is 7.98. The summed E-state index contributed by atoms with van der Waals surface area (Å²) in [6.07, 6.45) is 2.89. The van der Waals surface area contributed by atoms with Crippen molar-refractivity contribution >= 4 is 35.3 Å². The van der Waals surface area contributed by atoms with E-state index in [0.717, 1.165) is 9.80 Å². The van der Waals surface area contributed by atoms with Gasteiger partial charge in [-0.05, 0) is 36.8 Å².